The van der Waals surface area contributed by atoms with Gasteiger partial charge in [-0.2, -0.15) is 0 Å². The second kappa shape index (κ2) is 4.15. The molecule has 1 aliphatic rings. The fraction of sp³-hybridized carbons (Fsp3) is 0.571. The molecule has 16 heavy (non-hydrogen) atoms. The van der Waals surface area contributed by atoms with E-state index in [2.05, 4.69) is 54.0 Å². The number of hydrogen-bond acceptors (Lipinski definition) is 1. The molecule has 0 spiro atoms. The topological polar surface area (TPSA) is 26.0 Å². The minimum atomic E-state index is 0.113. The van der Waals surface area contributed by atoms with Crippen molar-refractivity contribution in [3.8, 4) is 0 Å². The standard InChI is InChI=1S/C14H20BrN/c1-13(2,14(16)9-10-14)8-7-11-3-5-12(15)6-4-11/h3-6H,7-10,16H2,1-2H3. The third kappa shape index (κ3) is 2.49. The lowest BCUT2D eigenvalue weighted by Crippen LogP contribution is -2.40. The number of rotatable bonds is 4. The van der Waals surface area contributed by atoms with Gasteiger partial charge in [-0.3, -0.25) is 0 Å². The van der Waals surface area contributed by atoms with Gasteiger partial charge in [0.1, 0.15) is 0 Å². The molecule has 0 aromatic heterocycles. The second-order valence-corrected chi connectivity index (χ2v) is 6.58. The van der Waals surface area contributed by atoms with Gasteiger partial charge >= 0.3 is 0 Å². The van der Waals surface area contributed by atoms with Crippen LogP contribution in [0.15, 0.2) is 28.7 Å². The van der Waals surface area contributed by atoms with Crippen LogP contribution in [0.1, 0.15) is 38.7 Å². The summed E-state index contributed by atoms with van der Waals surface area (Å²) in [6, 6.07) is 8.60. The Labute approximate surface area is 107 Å². The summed E-state index contributed by atoms with van der Waals surface area (Å²) in [5.74, 6) is 0. The maximum Gasteiger partial charge on any atom is 0.0207 e. The van der Waals surface area contributed by atoms with E-state index in [1.54, 1.807) is 0 Å². The summed E-state index contributed by atoms with van der Waals surface area (Å²) in [7, 11) is 0. The number of aryl methyl sites for hydroxylation is 1. The van der Waals surface area contributed by atoms with Crippen molar-refractivity contribution in [1.82, 2.24) is 0 Å². The highest BCUT2D eigenvalue weighted by Gasteiger charge is 2.50. The molecule has 1 saturated carbocycles. The smallest absolute Gasteiger partial charge is 0.0207 e. The predicted octanol–water partition coefficient (Wildman–Crippen LogP) is 3.90. The highest BCUT2D eigenvalue weighted by atomic mass is 79.9. The Hall–Kier alpha value is -0.340. The van der Waals surface area contributed by atoms with E-state index in [9.17, 15) is 0 Å². The average molecular weight is 282 g/mol. The van der Waals surface area contributed by atoms with Gasteiger partial charge in [0.2, 0.25) is 0 Å². The van der Waals surface area contributed by atoms with Crippen LogP contribution in [0.25, 0.3) is 0 Å². The fourth-order valence-corrected chi connectivity index (χ4v) is 2.43. The molecule has 0 radical (unpaired) electrons. The van der Waals surface area contributed by atoms with Crippen LogP contribution < -0.4 is 5.73 Å². The molecule has 0 heterocycles. The molecule has 0 aliphatic heterocycles. The van der Waals surface area contributed by atoms with Gasteiger partial charge in [-0.15, -0.1) is 0 Å². The molecule has 88 valence electrons. The minimum absolute atomic E-state index is 0.113. The average Bonchev–Trinajstić information content (AvgIpc) is 2.98. The molecule has 2 rings (SSSR count). The maximum absolute atomic E-state index is 6.31. The molecule has 1 aromatic rings. The molecular weight excluding hydrogens is 262 g/mol. The highest BCUT2D eigenvalue weighted by Crippen LogP contribution is 2.49. The van der Waals surface area contributed by atoms with Crippen LogP contribution >= 0.6 is 15.9 Å². The van der Waals surface area contributed by atoms with E-state index in [0.717, 1.165) is 10.9 Å². The van der Waals surface area contributed by atoms with E-state index in [-0.39, 0.29) is 11.0 Å². The first-order chi connectivity index (χ1) is 7.43. The van der Waals surface area contributed by atoms with E-state index in [0.29, 0.717) is 0 Å². The molecule has 0 atom stereocenters. The van der Waals surface area contributed by atoms with Gasteiger partial charge in [-0.25, -0.2) is 0 Å². The van der Waals surface area contributed by atoms with E-state index in [1.807, 2.05) is 0 Å². The molecule has 0 unspecified atom stereocenters. The lowest BCUT2D eigenvalue weighted by atomic mass is 9.77. The molecule has 0 bridgehead atoms. The number of halogens is 1. The molecule has 1 aliphatic carbocycles. The normalized spacial score (nSPS) is 18.5. The van der Waals surface area contributed by atoms with Crippen molar-refractivity contribution < 1.29 is 0 Å². The fourth-order valence-electron chi connectivity index (χ4n) is 2.17. The van der Waals surface area contributed by atoms with Crippen LogP contribution in [0.4, 0.5) is 0 Å². The Morgan fingerprint density at radius 3 is 2.31 bits per heavy atom. The minimum Gasteiger partial charge on any atom is -0.325 e. The van der Waals surface area contributed by atoms with Crippen molar-refractivity contribution in [2.75, 3.05) is 0 Å². The van der Waals surface area contributed by atoms with Gasteiger partial charge in [0.25, 0.3) is 0 Å². The van der Waals surface area contributed by atoms with Crippen LogP contribution in [-0.2, 0) is 6.42 Å². The van der Waals surface area contributed by atoms with Gasteiger partial charge < -0.3 is 5.73 Å². The van der Waals surface area contributed by atoms with Crippen molar-refractivity contribution in [3.63, 3.8) is 0 Å². The Kier molecular flexibility index (Phi) is 3.15. The second-order valence-electron chi connectivity index (χ2n) is 5.67. The molecule has 0 amide bonds. The summed E-state index contributed by atoms with van der Waals surface area (Å²) >= 11 is 3.46. The monoisotopic (exact) mass is 281 g/mol. The third-order valence-corrected chi connectivity index (χ3v) is 4.62. The zero-order valence-electron chi connectivity index (χ0n) is 10.1. The van der Waals surface area contributed by atoms with Gasteiger partial charge in [-0.1, -0.05) is 41.9 Å². The lowest BCUT2D eigenvalue weighted by Gasteiger charge is -2.32. The van der Waals surface area contributed by atoms with Gasteiger partial charge in [0.15, 0.2) is 0 Å². The summed E-state index contributed by atoms with van der Waals surface area (Å²) in [6.07, 6.45) is 4.69. The van der Waals surface area contributed by atoms with Crippen LogP contribution in [0.3, 0.4) is 0 Å². The molecule has 1 nitrogen and oxygen atoms in total. The summed E-state index contributed by atoms with van der Waals surface area (Å²) in [5, 5.41) is 0. The Morgan fingerprint density at radius 1 is 1.25 bits per heavy atom. The predicted molar refractivity (Wildman–Crippen MR) is 72.4 cm³/mol. The molecular formula is C14H20BrN. The van der Waals surface area contributed by atoms with Crippen molar-refractivity contribution >= 4 is 15.9 Å². The van der Waals surface area contributed by atoms with E-state index < -0.39 is 0 Å². The van der Waals surface area contributed by atoms with E-state index in [4.69, 9.17) is 5.73 Å². The number of hydrogen-bond donors (Lipinski definition) is 1. The number of benzene rings is 1. The van der Waals surface area contributed by atoms with Crippen LogP contribution in [0.2, 0.25) is 0 Å². The Balaban J connectivity index is 1.94. The maximum atomic E-state index is 6.31. The quantitative estimate of drug-likeness (QED) is 0.890. The highest BCUT2D eigenvalue weighted by molar-refractivity contribution is 9.10. The van der Waals surface area contributed by atoms with Gasteiger partial charge in [0.05, 0.1) is 0 Å². The van der Waals surface area contributed by atoms with Crippen molar-refractivity contribution in [2.45, 2.75) is 45.1 Å². The van der Waals surface area contributed by atoms with Crippen LogP contribution in [-0.4, -0.2) is 5.54 Å². The van der Waals surface area contributed by atoms with E-state index >= 15 is 0 Å². The van der Waals surface area contributed by atoms with Gasteiger partial charge in [-0.05, 0) is 48.8 Å². The lowest BCUT2D eigenvalue weighted by molar-refractivity contribution is 0.245. The molecule has 2 N–H and O–H groups in total. The third-order valence-electron chi connectivity index (χ3n) is 4.09. The summed E-state index contributed by atoms with van der Waals surface area (Å²) in [5.41, 5.74) is 8.09. The first kappa shape index (κ1) is 12.1. The molecule has 2 heteroatoms. The van der Waals surface area contributed by atoms with E-state index in [1.165, 1.54) is 24.8 Å². The molecule has 1 fully saturated rings. The summed E-state index contributed by atoms with van der Waals surface area (Å²) in [6.45, 7) is 4.61. The number of nitrogens with two attached hydrogens (primary N) is 1. The zero-order chi connectivity index (χ0) is 11.8. The first-order valence-corrected chi connectivity index (χ1v) is 6.76. The largest absolute Gasteiger partial charge is 0.325 e. The van der Waals surface area contributed by atoms with Crippen LogP contribution in [0.5, 0.6) is 0 Å². The SMILES string of the molecule is CC(C)(CCc1ccc(Br)cc1)C1(N)CC1. The van der Waals surface area contributed by atoms with Crippen LogP contribution in [0, 0.1) is 5.41 Å². The van der Waals surface area contributed by atoms with Crippen molar-refractivity contribution in [3.05, 3.63) is 34.3 Å². The molecule has 0 saturated heterocycles. The Morgan fingerprint density at radius 2 is 1.81 bits per heavy atom. The first-order valence-electron chi connectivity index (χ1n) is 5.96. The zero-order valence-corrected chi connectivity index (χ0v) is 11.7. The van der Waals surface area contributed by atoms with Gasteiger partial charge in [0, 0.05) is 10.0 Å². The summed E-state index contributed by atoms with van der Waals surface area (Å²) < 4.78 is 1.15. The van der Waals surface area contributed by atoms with Crippen molar-refractivity contribution in [2.24, 2.45) is 11.1 Å². The summed E-state index contributed by atoms with van der Waals surface area (Å²) in [4.78, 5) is 0. The molecule has 1 aromatic carbocycles. The van der Waals surface area contributed by atoms with Crippen molar-refractivity contribution in [1.29, 1.82) is 0 Å². The Bertz CT molecular complexity index is 363.